The number of nitrogens with zero attached hydrogens (tertiary/aromatic N) is 1. The third-order valence-corrected chi connectivity index (χ3v) is 4.09. The van der Waals surface area contributed by atoms with E-state index >= 15 is 0 Å². The highest BCUT2D eigenvalue weighted by Gasteiger charge is 2.27. The zero-order valence-electron chi connectivity index (χ0n) is 11.3. The summed E-state index contributed by atoms with van der Waals surface area (Å²) in [6.45, 7) is 2.96. The van der Waals surface area contributed by atoms with Crippen LogP contribution in [0, 0.1) is 0 Å². The average Bonchev–Trinajstić information content (AvgIpc) is 2.55. The van der Waals surface area contributed by atoms with Crippen LogP contribution in [-0.2, 0) is 0 Å². The molecule has 2 rings (SSSR count). The monoisotopic (exact) mass is 316 g/mol. The predicted octanol–water partition coefficient (Wildman–Crippen LogP) is 3.76. The van der Waals surface area contributed by atoms with Crippen LogP contribution in [0.3, 0.4) is 0 Å². The van der Waals surface area contributed by atoms with Crippen molar-refractivity contribution in [3.63, 3.8) is 0 Å². The number of aliphatic hydroxyl groups is 1. The molecule has 20 heavy (non-hydrogen) atoms. The van der Waals surface area contributed by atoms with Gasteiger partial charge in [-0.05, 0) is 44.4 Å². The molecule has 0 bridgehead atoms. The molecule has 1 fully saturated rings. The van der Waals surface area contributed by atoms with Gasteiger partial charge in [0.1, 0.15) is 0 Å². The molecule has 1 aromatic carbocycles. The SMILES string of the molecule is CC1(O)CCCN(C(=O)Nc2cc(Cl)ccc2Cl)CC1. The van der Waals surface area contributed by atoms with Crippen LogP contribution in [0.4, 0.5) is 10.5 Å². The van der Waals surface area contributed by atoms with Crippen molar-refractivity contribution >= 4 is 34.9 Å². The topological polar surface area (TPSA) is 52.6 Å². The van der Waals surface area contributed by atoms with Crippen LogP contribution in [0.5, 0.6) is 0 Å². The van der Waals surface area contributed by atoms with Gasteiger partial charge in [0.2, 0.25) is 0 Å². The van der Waals surface area contributed by atoms with Crippen molar-refractivity contribution in [1.29, 1.82) is 0 Å². The van der Waals surface area contributed by atoms with E-state index in [-0.39, 0.29) is 6.03 Å². The van der Waals surface area contributed by atoms with Gasteiger partial charge in [0, 0.05) is 18.1 Å². The minimum Gasteiger partial charge on any atom is -0.390 e. The number of carbonyl (C=O) groups excluding carboxylic acids is 1. The molecule has 0 radical (unpaired) electrons. The summed E-state index contributed by atoms with van der Waals surface area (Å²) in [6, 6.07) is 4.72. The molecule has 0 aliphatic carbocycles. The molecular weight excluding hydrogens is 299 g/mol. The molecule has 4 nitrogen and oxygen atoms in total. The van der Waals surface area contributed by atoms with Crippen molar-refractivity contribution < 1.29 is 9.90 Å². The summed E-state index contributed by atoms with van der Waals surface area (Å²) in [4.78, 5) is 13.9. The minimum atomic E-state index is -0.692. The molecule has 1 aromatic rings. The van der Waals surface area contributed by atoms with Crippen molar-refractivity contribution in [1.82, 2.24) is 4.90 Å². The Balaban J connectivity index is 2.03. The van der Waals surface area contributed by atoms with Crippen LogP contribution in [0.15, 0.2) is 18.2 Å². The number of rotatable bonds is 1. The lowest BCUT2D eigenvalue weighted by atomic mass is 9.98. The Morgan fingerprint density at radius 1 is 1.35 bits per heavy atom. The predicted molar refractivity (Wildman–Crippen MR) is 81.5 cm³/mol. The standard InChI is InChI=1S/C14H18Cl2N2O2/c1-14(20)5-2-7-18(8-6-14)13(19)17-12-9-10(15)3-4-11(12)16/h3-4,9,20H,2,5-8H2,1H3,(H,17,19). The third-order valence-electron chi connectivity index (χ3n) is 3.52. The summed E-state index contributed by atoms with van der Waals surface area (Å²) in [5.41, 5.74) is -0.192. The lowest BCUT2D eigenvalue weighted by molar-refractivity contribution is 0.0458. The Morgan fingerprint density at radius 2 is 2.10 bits per heavy atom. The zero-order chi connectivity index (χ0) is 14.8. The first kappa shape index (κ1) is 15.4. The fourth-order valence-electron chi connectivity index (χ4n) is 2.25. The van der Waals surface area contributed by atoms with E-state index in [2.05, 4.69) is 5.32 Å². The van der Waals surface area contributed by atoms with Crippen molar-refractivity contribution in [2.24, 2.45) is 0 Å². The first-order valence-corrected chi connectivity index (χ1v) is 7.36. The van der Waals surface area contributed by atoms with Gasteiger partial charge in [0.25, 0.3) is 0 Å². The van der Waals surface area contributed by atoms with Crippen molar-refractivity contribution in [3.8, 4) is 0 Å². The summed E-state index contributed by atoms with van der Waals surface area (Å²) in [7, 11) is 0. The number of anilines is 1. The molecule has 2 N–H and O–H groups in total. The smallest absolute Gasteiger partial charge is 0.321 e. The van der Waals surface area contributed by atoms with E-state index in [9.17, 15) is 9.90 Å². The number of urea groups is 1. The van der Waals surface area contributed by atoms with E-state index in [1.54, 1.807) is 23.1 Å². The van der Waals surface area contributed by atoms with E-state index in [4.69, 9.17) is 23.2 Å². The van der Waals surface area contributed by atoms with Crippen LogP contribution >= 0.6 is 23.2 Å². The van der Waals surface area contributed by atoms with Crippen LogP contribution in [0.25, 0.3) is 0 Å². The maximum atomic E-state index is 12.2. The highest BCUT2D eigenvalue weighted by atomic mass is 35.5. The lowest BCUT2D eigenvalue weighted by Crippen LogP contribution is -2.36. The van der Waals surface area contributed by atoms with Gasteiger partial charge in [-0.15, -0.1) is 0 Å². The van der Waals surface area contributed by atoms with E-state index < -0.39 is 5.60 Å². The van der Waals surface area contributed by atoms with E-state index in [0.717, 1.165) is 6.42 Å². The Kier molecular flexibility index (Phi) is 4.78. The van der Waals surface area contributed by atoms with E-state index in [0.29, 0.717) is 41.7 Å². The fraction of sp³-hybridized carbons (Fsp3) is 0.500. The Bertz CT molecular complexity index is 506. The van der Waals surface area contributed by atoms with Crippen LogP contribution in [0.2, 0.25) is 10.0 Å². The van der Waals surface area contributed by atoms with Crippen molar-refractivity contribution in [2.75, 3.05) is 18.4 Å². The molecule has 0 saturated carbocycles. The van der Waals surface area contributed by atoms with Gasteiger partial charge >= 0.3 is 6.03 Å². The number of halogens is 2. The molecule has 1 heterocycles. The fourth-order valence-corrected chi connectivity index (χ4v) is 2.59. The maximum absolute atomic E-state index is 12.2. The molecule has 6 heteroatoms. The lowest BCUT2D eigenvalue weighted by Gasteiger charge is -2.23. The number of hydrogen-bond donors (Lipinski definition) is 2. The summed E-state index contributed by atoms with van der Waals surface area (Å²) in [5, 5.41) is 13.8. The number of benzene rings is 1. The van der Waals surface area contributed by atoms with Gasteiger partial charge in [0.15, 0.2) is 0 Å². The Hall–Kier alpha value is -0.970. The maximum Gasteiger partial charge on any atom is 0.321 e. The molecule has 1 saturated heterocycles. The van der Waals surface area contributed by atoms with Crippen LogP contribution in [-0.4, -0.2) is 34.7 Å². The first-order valence-electron chi connectivity index (χ1n) is 6.61. The van der Waals surface area contributed by atoms with Gasteiger partial charge in [-0.3, -0.25) is 0 Å². The molecular formula is C14H18Cl2N2O2. The molecule has 0 aromatic heterocycles. The minimum absolute atomic E-state index is 0.216. The van der Waals surface area contributed by atoms with Gasteiger partial charge in [0.05, 0.1) is 16.3 Å². The van der Waals surface area contributed by atoms with Gasteiger partial charge < -0.3 is 15.3 Å². The Labute approximate surface area is 128 Å². The summed E-state index contributed by atoms with van der Waals surface area (Å²) in [6.07, 6.45) is 2.06. The largest absolute Gasteiger partial charge is 0.390 e. The molecule has 0 spiro atoms. The summed E-state index contributed by atoms with van der Waals surface area (Å²) >= 11 is 11.9. The third kappa shape index (κ3) is 4.01. The van der Waals surface area contributed by atoms with E-state index in [1.807, 2.05) is 6.92 Å². The quantitative estimate of drug-likeness (QED) is 0.828. The number of nitrogens with one attached hydrogen (secondary N) is 1. The number of carbonyl (C=O) groups is 1. The Morgan fingerprint density at radius 3 is 2.85 bits per heavy atom. The van der Waals surface area contributed by atoms with Crippen molar-refractivity contribution in [2.45, 2.75) is 31.8 Å². The molecule has 110 valence electrons. The summed E-state index contributed by atoms with van der Waals surface area (Å²) in [5.74, 6) is 0. The molecule has 1 atom stereocenters. The van der Waals surface area contributed by atoms with Gasteiger partial charge in [-0.1, -0.05) is 23.2 Å². The first-order chi connectivity index (χ1) is 9.37. The van der Waals surface area contributed by atoms with Crippen molar-refractivity contribution in [3.05, 3.63) is 28.2 Å². The number of likely N-dealkylation sites (tertiary alicyclic amines) is 1. The summed E-state index contributed by atoms with van der Waals surface area (Å²) < 4.78 is 0. The second-order valence-electron chi connectivity index (χ2n) is 5.39. The molecule has 2 amide bonds. The molecule has 1 unspecified atom stereocenters. The van der Waals surface area contributed by atoms with E-state index in [1.165, 1.54) is 0 Å². The zero-order valence-corrected chi connectivity index (χ0v) is 12.8. The van der Waals surface area contributed by atoms with Gasteiger partial charge in [-0.25, -0.2) is 4.79 Å². The van der Waals surface area contributed by atoms with Crippen LogP contribution in [0.1, 0.15) is 26.2 Å². The second kappa shape index (κ2) is 6.20. The normalized spacial score (nSPS) is 23.3. The van der Waals surface area contributed by atoms with Crippen LogP contribution < -0.4 is 5.32 Å². The number of hydrogen-bond acceptors (Lipinski definition) is 2. The van der Waals surface area contributed by atoms with Gasteiger partial charge in [-0.2, -0.15) is 0 Å². The number of amides is 2. The highest BCUT2D eigenvalue weighted by molar-refractivity contribution is 6.35. The highest BCUT2D eigenvalue weighted by Crippen LogP contribution is 2.26. The molecule has 1 aliphatic rings. The molecule has 1 aliphatic heterocycles. The average molecular weight is 317 g/mol. The second-order valence-corrected chi connectivity index (χ2v) is 6.24.